The van der Waals surface area contributed by atoms with Crippen LogP contribution >= 0.6 is 11.3 Å². The summed E-state index contributed by atoms with van der Waals surface area (Å²) in [4.78, 5) is 30.4. The molecule has 3 heterocycles. The number of rotatable bonds is 6. The molecule has 2 amide bonds. The first-order valence-corrected chi connectivity index (χ1v) is 9.67. The zero-order chi connectivity index (χ0) is 18.6. The Morgan fingerprint density at radius 3 is 2.85 bits per heavy atom. The molecule has 1 aromatic carbocycles. The molecule has 1 fully saturated rings. The third-order valence-electron chi connectivity index (χ3n) is 4.34. The molecule has 27 heavy (non-hydrogen) atoms. The van der Waals surface area contributed by atoms with Crippen molar-refractivity contribution in [3.8, 4) is 0 Å². The molecule has 1 aliphatic heterocycles. The molecule has 2 aromatic heterocycles. The molecule has 0 spiro atoms. The Hall–Kier alpha value is -3.00. The Morgan fingerprint density at radius 2 is 2.07 bits per heavy atom. The SMILES string of the molecule is O=C(Cc1csc(N2CCCC2=O)n1)Nc1ccnn1Cc1ccccc1. The first-order valence-electron chi connectivity index (χ1n) is 8.79. The van der Waals surface area contributed by atoms with Crippen LogP contribution in [0.25, 0.3) is 0 Å². The van der Waals surface area contributed by atoms with E-state index in [0.717, 1.165) is 12.0 Å². The van der Waals surface area contributed by atoms with Crippen molar-refractivity contribution < 1.29 is 9.59 Å². The number of hydrogen-bond acceptors (Lipinski definition) is 5. The van der Waals surface area contributed by atoms with Gasteiger partial charge >= 0.3 is 0 Å². The topological polar surface area (TPSA) is 80.1 Å². The van der Waals surface area contributed by atoms with E-state index >= 15 is 0 Å². The van der Waals surface area contributed by atoms with Gasteiger partial charge in [-0.05, 0) is 12.0 Å². The van der Waals surface area contributed by atoms with Gasteiger partial charge in [-0.15, -0.1) is 11.3 Å². The Balaban J connectivity index is 1.38. The average Bonchev–Trinajstić information content (AvgIpc) is 3.38. The molecular formula is C19H19N5O2S. The van der Waals surface area contributed by atoms with Crippen molar-refractivity contribution in [2.75, 3.05) is 16.8 Å². The first-order chi connectivity index (χ1) is 13.2. The van der Waals surface area contributed by atoms with Crippen molar-refractivity contribution in [2.24, 2.45) is 0 Å². The fourth-order valence-corrected chi connectivity index (χ4v) is 3.89. The number of hydrogen-bond donors (Lipinski definition) is 1. The molecule has 0 saturated carbocycles. The van der Waals surface area contributed by atoms with Crippen molar-refractivity contribution in [1.82, 2.24) is 14.8 Å². The molecule has 0 radical (unpaired) electrons. The summed E-state index contributed by atoms with van der Waals surface area (Å²) in [5.74, 6) is 0.591. The van der Waals surface area contributed by atoms with Gasteiger partial charge in [0.25, 0.3) is 0 Å². The van der Waals surface area contributed by atoms with E-state index in [1.165, 1.54) is 11.3 Å². The minimum atomic E-state index is -0.158. The lowest BCUT2D eigenvalue weighted by Crippen LogP contribution is -2.23. The predicted octanol–water partition coefficient (Wildman–Crippen LogP) is 2.70. The Morgan fingerprint density at radius 1 is 1.22 bits per heavy atom. The molecular weight excluding hydrogens is 362 g/mol. The fourth-order valence-electron chi connectivity index (χ4n) is 3.02. The molecule has 138 valence electrons. The van der Waals surface area contributed by atoms with E-state index in [1.54, 1.807) is 21.8 Å². The maximum Gasteiger partial charge on any atom is 0.231 e. The van der Waals surface area contributed by atoms with Gasteiger partial charge in [0, 0.05) is 24.4 Å². The predicted molar refractivity (Wildman–Crippen MR) is 104 cm³/mol. The van der Waals surface area contributed by atoms with Crippen LogP contribution in [0.2, 0.25) is 0 Å². The van der Waals surface area contributed by atoms with Crippen LogP contribution in [-0.4, -0.2) is 33.1 Å². The molecule has 4 rings (SSSR count). The number of anilines is 2. The fraction of sp³-hybridized carbons (Fsp3) is 0.263. The molecule has 0 atom stereocenters. The van der Waals surface area contributed by atoms with Crippen molar-refractivity contribution in [3.05, 3.63) is 59.2 Å². The molecule has 3 aromatic rings. The zero-order valence-corrected chi connectivity index (χ0v) is 15.5. The molecule has 8 heteroatoms. The number of amides is 2. The molecule has 1 N–H and O–H groups in total. The largest absolute Gasteiger partial charge is 0.311 e. The summed E-state index contributed by atoms with van der Waals surface area (Å²) >= 11 is 1.40. The number of carbonyl (C=O) groups is 2. The first kappa shape index (κ1) is 17.4. The summed E-state index contributed by atoms with van der Waals surface area (Å²) in [7, 11) is 0. The Kier molecular flexibility index (Phi) is 4.97. The van der Waals surface area contributed by atoms with E-state index < -0.39 is 0 Å². The zero-order valence-electron chi connectivity index (χ0n) is 14.7. The van der Waals surface area contributed by atoms with Crippen LogP contribution in [0.3, 0.4) is 0 Å². The third kappa shape index (κ3) is 4.06. The summed E-state index contributed by atoms with van der Waals surface area (Å²) in [5.41, 5.74) is 1.78. The second-order valence-electron chi connectivity index (χ2n) is 6.35. The number of thiazole rings is 1. The number of carbonyl (C=O) groups excluding carboxylic acids is 2. The highest BCUT2D eigenvalue weighted by Gasteiger charge is 2.24. The summed E-state index contributed by atoms with van der Waals surface area (Å²) in [6.07, 6.45) is 3.26. The van der Waals surface area contributed by atoms with Gasteiger partial charge in [-0.25, -0.2) is 9.67 Å². The highest BCUT2D eigenvalue weighted by Crippen LogP contribution is 2.25. The number of nitrogens with one attached hydrogen (secondary N) is 1. The summed E-state index contributed by atoms with van der Waals surface area (Å²) in [5, 5.41) is 9.68. The van der Waals surface area contributed by atoms with E-state index in [9.17, 15) is 9.59 Å². The second-order valence-corrected chi connectivity index (χ2v) is 7.19. The van der Waals surface area contributed by atoms with Gasteiger partial charge in [0.05, 0.1) is 24.9 Å². The van der Waals surface area contributed by atoms with Crippen LogP contribution in [0.5, 0.6) is 0 Å². The van der Waals surface area contributed by atoms with Crippen molar-refractivity contribution >= 4 is 34.1 Å². The summed E-state index contributed by atoms with van der Waals surface area (Å²) in [6, 6.07) is 11.7. The van der Waals surface area contributed by atoms with Crippen LogP contribution in [0, 0.1) is 0 Å². The minimum Gasteiger partial charge on any atom is -0.311 e. The van der Waals surface area contributed by atoms with Crippen LogP contribution in [0.1, 0.15) is 24.1 Å². The van der Waals surface area contributed by atoms with Gasteiger partial charge < -0.3 is 5.32 Å². The van der Waals surface area contributed by atoms with E-state index in [1.807, 2.05) is 35.7 Å². The maximum absolute atomic E-state index is 12.4. The third-order valence-corrected chi connectivity index (χ3v) is 5.26. The highest BCUT2D eigenvalue weighted by molar-refractivity contribution is 7.14. The van der Waals surface area contributed by atoms with Gasteiger partial charge in [-0.1, -0.05) is 30.3 Å². The smallest absolute Gasteiger partial charge is 0.231 e. The lowest BCUT2D eigenvalue weighted by molar-refractivity contribution is -0.117. The van der Waals surface area contributed by atoms with Gasteiger partial charge in [-0.3, -0.25) is 14.5 Å². The van der Waals surface area contributed by atoms with E-state index in [2.05, 4.69) is 15.4 Å². The van der Waals surface area contributed by atoms with Crippen molar-refractivity contribution in [1.29, 1.82) is 0 Å². The Bertz CT molecular complexity index is 950. The van der Waals surface area contributed by atoms with E-state index in [0.29, 0.717) is 36.2 Å². The van der Waals surface area contributed by atoms with Crippen LogP contribution in [-0.2, 0) is 22.6 Å². The molecule has 0 bridgehead atoms. The van der Waals surface area contributed by atoms with Crippen LogP contribution in [0.4, 0.5) is 10.9 Å². The monoisotopic (exact) mass is 381 g/mol. The van der Waals surface area contributed by atoms with Crippen LogP contribution < -0.4 is 10.2 Å². The van der Waals surface area contributed by atoms with Crippen molar-refractivity contribution in [2.45, 2.75) is 25.8 Å². The summed E-state index contributed by atoms with van der Waals surface area (Å²) in [6.45, 7) is 1.29. The molecule has 0 aliphatic carbocycles. The summed E-state index contributed by atoms with van der Waals surface area (Å²) < 4.78 is 1.75. The maximum atomic E-state index is 12.4. The molecule has 0 unspecified atom stereocenters. The standard InChI is InChI=1S/C19H19N5O2S/c25-17(11-15-13-27-19(21-15)23-10-4-7-18(23)26)22-16-8-9-20-24(16)12-14-5-2-1-3-6-14/h1-3,5-6,8-9,13H,4,7,10-12H2,(H,22,25). The molecule has 1 saturated heterocycles. The number of benzene rings is 1. The quantitative estimate of drug-likeness (QED) is 0.712. The lowest BCUT2D eigenvalue weighted by Gasteiger charge is -2.10. The molecule has 7 nitrogen and oxygen atoms in total. The lowest BCUT2D eigenvalue weighted by atomic mass is 10.2. The number of nitrogens with zero attached hydrogens (tertiary/aromatic N) is 4. The van der Waals surface area contributed by atoms with Gasteiger partial charge in [0.15, 0.2) is 5.13 Å². The van der Waals surface area contributed by atoms with Crippen LogP contribution in [0.15, 0.2) is 48.0 Å². The number of aromatic nitrogens is 3. The van der Waals surface area contributed by atoms with Gasteiger partial charge in [-0.2, -0.15) is 5.10 Å². The van der Waals surface area contributed by atoms with Crippen molar-refractivity contribution in [3.63, 3.8) is 0 Å². The second kappa shape index (κ2) is 7.71. The molecule has 1 aliphatic rings. The van der Waals surface area contributed by atoms with E-state index in [-0.39, 0.29) is 18.2 Å². The minimum absolute atomic E-state index is 0.102. The normalized spacial score (nSPS) is 13.9. The van der Waals surface area contributed by atoms with E-state index in [4.69, 9.17) is 0 Å². The van der Waals surface area contributed by atoms with Gasteiger partial charge in [0.2, 0.25) is 11.8 Å². The van der Waals surface area contributed by atoms with Gasteiger partial charge in [0.1, 0.15) is 5.82 Å². The Labute approximate surface area is 160 Å². The average molecular weight is 381 g/mol. The highest BCUT2D eigenvalue weighted by atomic mass is 32.1.